The molecule has 0 spiro atoms. The van der Waals surface area contributed by atoms with Gasteiger partial charge in [0.25, 0.3) is 0 Å². The van der Waals surface area contributed by atoms with Gasteiger partial charge >= 0.3 is 0 Å². The maximum atomic E-state index is 10.2. The molecule has 0 saturated carbocycles. The maximum Gasteiger partial charge on any atom is 0.160 e. The molecule has 5 heteroatoms. The summed E-state index contributed by atoms with van der Waals surface area (Å²) in [5, 5.41) is 24.9. The van der Waals surface area contributed by atoms with Gasteiger partial charge in [-0.1, -0.05) is 29.3 Å². The van der Waals surface area contributed by atoms with Crippen molar-refractivity contribution in [3.63, 3.8) is 0 Å². The Hall–Kier alpha value is -1.42. The summed E-state index contributed by atoms with van der Waals surface area (Å²) in [5.74, 6) is 0.472. The topological polar surface area (TPSA) is 52.5 Å². The summed E-state index contributed by atoms with van der Waals surface area (Å²) in [6, 6.07) is 7.39. The van der Waals surface area contributed by atoms with E-state index in [1.807, 2.05) is 18.2 Å². The number of aromatic hydroxyl groups is 2. The van der Waals surface area contributed by atoms with E-state index in [0.29, 0.717) is 16.0 Å². The first-order valence-electron chi connectivity index (χ1n) is 7.79. The first-order valence-corrected chi connectivity index (χ1v) is 8.55. The molecule has 0 radical (unpaired) electrons. The van der Waals surface area contributed by atoms with Crippen LogP contribution in [0.1, 0.15) is 40.5 Å². The van der Waals surface area contributed by atoms with Gasteiger partial charge in [-0.3, -0.25) is 0 Å². The number of nitrogens with one attached hydrogen (secondary N) is 1. The van der Waals surface area contributed by atoms with Gasteiger partial charge in [0.05, 0.1) is 10.0 Å². The molecule has 0 fully saturated rings. The third-order valence-corrected chi connectivity index (χ3v) is 5.81. The summed E-state index contributed by atoms with van der Waals surface area (Å²) in [6.45, 7) is 1.66. The molecular formula is C18H17Cl2NO2. The Bertz CT molecular complexity index is 791. The maximum absolute atomic E-state index is 10.2. The fourth-order valence-corrected chi connectivity index (χ4v) is 4.29. The highest BCUT2D eigenvalue weighted by Gasteiger charge is 2.34. The average Bonchev–Trinajstić information content (AvgIpc) is 2.87. The van der Waals surface area contributed by atoms with Crippen molar-refractivity contribution >= 4 is 23.2 Å². The van der Waals surface area contributed by atoms with Gasteiger partial charge in [0.1, 0.15) is 0 Å². The third-order valence-electron chi connectivity index (χ3n) is 5.07. The molecule has 1 aliphatic heterocycles. The van der Waals surface area contributed by atoms with Gasteiger partial charge in [-0.15, -0.1) is 0 Å². The highest BCUT2D eigenvalue weighted by atomic mass is 35.5. The van der Waals surface area contributed by atoms with Crippen LogP contribution in [0.2, 0.25) is 10.0 Å². The van der Waals surface area contributed by atoms with E-state index in [4.69, 9.17) is 23.2 Å². The minimum Gasteiger partial charge on any atom is -0.504 e. The van der Waals surface area contributed by atoms with Crippen LogP contribution in [0.15, 0.2) is 24.3 Å². The molecule has 2 atom stereocenters. The Kier molecular flexibility index (Phi) is 3.67. The molecule has 0 unspecified atom stereocenters. The van der Waals surface area contributed by atoms with E-state index in [1.165, 1.54) is 5.56 Å². The molecule has 2 aromatic rings. The molecule has 3 N–H and O–H groups in total. The standard InChI is InChI=1S/C18H17Cl2NO2/c19-14-4-2-9(5-15(14)20)13-8-21-7-10-1-3-11-17(10)12(13)6-16(22)18(11)23/h2,4-6,10,13,21-23H,1,3,7-8H2/t10-,13-/m0/s1. The fraction of sp³-hybridized carbons (Fsp3) is 0.333. The molecule has 0 bridgehead atoms. The molecule has 120 valence electrons. The zero-order valence-corrected chi connectivity index (χ0v) is 14.0. The van der Waals surface area contributed by atoms with E-state index >= 15 is 0 Å². The molecule has 0 amide bonds. The highest BCUT2D eigenvalue weighted by molar-refractivity contribution is 6.42. The van der Waals surface area contributed by atoms with Crippen molar-refractivity contribution in [3.05, 3.63) is 56.6 Å². The monoisotopic (exact) mass is 349 g/mol. The Morgan fingerprint density at radius 3 is 2.65 bits per heavy atom. The average molecular weight is 350 g/mol. The molecule has 3 nitrogen and oxygen atoms in total. The second-order valence-electron chi connectivity index (χ2n) is 6.35. The number of hydrogen-bond donors (Lipinski definition) is 3. The second kappa shape index (κ2) is 5.59. The summed E-state index contributed by atoms with van der Waals surface area (Å²) < 4.78 is 0. The predicted molar refractivity (Wildman–Crippen MR) is 92.0 cm³/mol. The third kappa shape index (κ3) is 2.38. The Morgan fingerprint density at radius 2 is 1.87 bits per heavy atom. The first kappa shape index (κ1) is 15.1. The minimum absolute atomic E-state index is 0.0358. The summed E-state index contributed by atoms with van der Waals surface area (Å²) >= 11 is 12.2. The molecule has 1 heterocycles. The minimum atomic E-state index is -0.0358. The quantitative estimate of drug-likeness (QED) is 0.677. The second-order valence-corrected chi connectivity index (χ2v) is 7.16. The van der Waals surface area contributed by atoms with Crippen molar-refractivity contribution in [2.75, 3.05) is 13.1 Å². The summed E-state index contributed by atoms with van der Waals surface area (Å²) in [4.78, 5) is 0. The lowest BCUT2D eigenvalue weighted by Crippen LogP contribution is -2.22. The van der Waals surface area contributed by atoms with E-state index in [9.17, 15) is 10.2 Å². The van der Waals surface area contributed by atoms with Crippen LogP contribution < -0.4 is 5.32 Å². The van der Waals surface area contributed by atoms with Crippen LogP contribution in [-0.2, 0) is 6.42 Å². The van der Waals surface area contributed by atoms with E-state index in [2.05, 4.69) is 5.32 Å². The smallest absolute Gasteiger partial charge is 0.160 e. The fourth-order valence-electron chi connectivity index (χ4n) is 3.98. The van der Waals surface area contributed by atoms with Crippen molar-refractivity contribution in [1.82, 2.24) is 5.32 Å². The summed E-state index contributed by atoms with van der Waals surface area (Å²) in [6.07, 6.45) is 1.81. The van der Waals surface area contributed by atoms with Crippen LogP contribution in [0.25, 0.3) is 0 Å². The number of benzene rings is 2. The lowest BCUT2D eigenvalue weighted by molar-refractivity contribution is 0.399. The number of hydrogen-bond acceptors (Lipinski definition) is 3. The SMILES string of the molecule is Oc1cc2c3c(c1O)CC[C@H]3CNC[C@H]2c1ccc(Cl)c(Cl)c1. The van der Waals surface area contributed by atoms with Crippen LogP contribution in [0, 0.1) is 0 Å². The number of halogens is 2. The lowest BCUT2D eigenvalue weighted by atomic mass is 9.85. The van der Waals surface area contributed by atoms with Crippen LogP contribution in [0.5, 0.6) is 11.5 Å². The van der Waals surface area contributed by atoms with Crippen molar-refractivity contribution < 1.29 is 10.2 Å². The van der Waals surface area contributed by atoms with Crippen molar-refractivity contribution in [3.8, 4) is 11.5 Å². The molecule has 0 aromatic heterocycles. The van der Waals surface area contributed by atoms with Gasteiger partial charge < -0.3 is 15.5 Å². The Labute approximate surface area is 144 Å². The number of phenols is 2. The van der Waals surface area contributed by atoms with Gasteiger partial charge in [-0.05, 0) is 53.6 Å². The van der Waals surface area contributed by atoms with Crippen LogP contribution in [0.3, 0.4) is 0 Å². The zero-order chi connectivity index (χ0) is 16.1. The summed E-state index contributed by atoms with van der Waals surface area (Å²) in [7, 11) is 0. The number of rotatable bonds is 1. The normalized spacial score (nSPS) is 22.7. The molecule has 0 saturated heterocycles. The zero-order valence-electron chi connectivity index (χ0n) is 12.4. The molecule has 4 rings (SSSR count). The first-order chi connectivity index (χ1) is 11.1. The largest absolute Gasteiger partial charge is 0.504 e. The Morgan fingerprint density at radius 1 is 1.04 bits per heavy atom. The van der Waals surface area contributed by atoms with Crippen LogP contribution >= 0.6 is 23.2 Å². The molecule has 1 aliphatic carbocycles. The highest BCUT2D eigenvalue weighted by Crippen LogP contribution is 2.48. The molecular weight excluding hydrogens is 333 g/mol. The van der Waals surface area contributed by atoms with Crippen molar-refractivity contribution in [2.24, 2.45) is 0 Å². The molecule has 2 aliphatic rings. The van der Waals surface area contributed by atoms with Gasteiger partial charge in [0.2, 0.25) is 0 Å². The van der Waals surface area contributed by atoms with Crippen molar-refractivity contribution in [1.29, 1.82) is 0 Å². The van der Waals surface area contributed by atoms with E-state index in [-0.39, 0.29) is 17.4 Å². The van der Waals surface area contributed by atoms with Crippen LogP contribution in [0.4, 0.5) is 0 Å². The van der Waals surface area contributed by atoms with Gasteiger partial charge in [0.15, 0.2) is 11.5 Å². The van der Waals surface area contributed by atoms with E-state index < -0.39 is 0 Å². The molecule has 23 heavy (non-hydrogen) atoms. The number of phenolic OH excluding ortho intramolecular Hbond substituents is 2. The van der Waals surface area contributed by atoms with Gasteiger partial charge in [0, 0.05) is 24.6 Å². The van der Waals surface area contributed by atoms with Gasteiger partial charge in [-0.2, -0.15) is 0 Å². The van der Waals surface area contributed by atoms with E-state index in [0.717, 1.165) is 42.6 Å². The predicted octanol–water partition coefficient (Wildman–Crippen LogP) is 4.17. The van der Waals surface area contributed by atoms with Crippen LogP contribution in [-0.4, -0.2) is 23.3 Å². The Balaban J connectivity index is 1.91. The lowest BCUT2D eigenvalue weighted by Gasteiger charge is -2.21. The summed E-state index contributed by atoms with van der Waals surface area (Å²) in [5.41, 5.74) is 4.24. The van der Waals surface area contributed by atoms with Crippen molar-refractivity contribution in [2.45, 2.75) is 24.7 Å². The van der Waals surface area contributed by atoms with Gasteiger partial charge in [-0.25, -0.2) is 0 Å². The van der Waals surface area contributed by atoms with E-state index in [1.54, 1.807) is 6.07 Å². The molecule has 2 aromatic carbocycles.